The summed E-state index contributed by atoms with van der Waals surface area (Å²) in [4.78, 5) is 12.1. The second-order valence-electron chi connectivity index (χ2n) is 4.18. The molecule has 0 aliphatic rings. The van der Waals surface area contributed by atoms with E-state index in [4.69, 9.17) is 16.3 Å². The molecule has 0 aliphatic carbocycles. The molecule has 1 aromatic heterocycles. The van der Waals surface area contributed by atoms with Crippen molar-refractivity contribution in [2.45, 2.75) is 52.5 Å². The monoisotopic (exact) mass is 272 g/mol. The van der Waals surface area contributed by atoms with Crippen LogP contribution in [0.25, 0.3) is 0 Å². The fourth-order valence-electron chi connectivity index (χ4n) is 1.58. The Bertz CT molecular complexity index is 362. The number of unbranched alkanes of at least 4 members (excludes halogenated alkanes) is 2. The van der Waals surface area contributed by atoms with Crippen LogP contribution < -0.4 is 10.1 Å². The van der Waals surface area contributed by atoms with E-state index in [0.717, 1.165) is 6.42 Å². The zero-order valence-corrected chi connectivity index (χ0v) is 12.0. The summed E-state index contributed by atoms with van der Waals surface area (Å²) in [6.07, 6.45) is 4.75. The Morgan fingerprint density at radius 3 is 2.67 bits per heavy atom. The molecule has 6 heteroatoms. The van der Waals surface area contributed by atoms with Gasteiger partial charge in [-0.15, -0.1) is 0 Å². The number of hydrogen-bond acceptors (Lipinski definition) is 5. The summed E-state index contributed by atoms with van der Waals surface area (Å²) < 4.78 is 5.22. The Kier molecular flexibility index (Phi) is 6.72. The minimum atomic E-state index is 0.150. The Morgan fingerprint density at radius 2 is 2.00 bits per heavy atom. The highest BCUT2D eigenvalue weighted by Crippen LogP contribution is 2.13. The lowest BCUT2D eigenvalue weighted by Crippen LogP contribution is -2.17. The minimum Gasteiger partial charge on any atom is -0.464 e. The van der Waals surface area contributed by atoms with Crippen LogP contribution in [0.4, 0.5) is 5.95 Å². The highest BCUT2D eigenvalue weighted by molar-refractivity contribution is 6.28. The first kappa shape index (κ1) is 15.0. The van der Waals surface area contributed by atoms with Gasteiger partial charge in [0.1, 0.15) is 0 Å². The molecule has 0 spiro atoms. The number of anilines is 1. The van der Waals surface area contributed by atoms with Gasteiger partial charge in [0.15, 0.2) is 0 Å². The van der Waals surface area contributed by atoms with Crippen molar-refractivity contribution in [1.82, 2.24) is 15.0 Å². The molecule has 102 valence electrons. The second kappa shape index (κ2) is 8.08. The molecular weight excluding hydrogens is 252 g/mol. The van der Waals surface area contributed by atoms with Gasteiger partial charge in [0.05, 0.1) is 6.61 Å². The second-order valence-corrected chi connectivity index (χ2v) is 4.52. The molecule has 0 radical (unpaired) electrons. The van der Waals surface area contributed by atoms with Gasteiger partial charge >= 0.3 is 6.01 Å². The number of hydrogen-bond donors (Lipinski definition) is 1. The molecule has 0 saturated carbocycles. The Morgan fingerprint density at radius 1 is 1.22 bits per heavy atom. The van der Waals surface area contributed by atoms with Crippen molar-refractivity contribution in [3.05, 3.63) is 5.28 Å². The smallest absolute Gasteiger partial charge is 0.322 e. The highest BCUT2D eigenvalue weighted by Gasteiger charge is 2.08. The summed E-state index contributed by atoms with van der Waals surface area (Å²) >= 11 is 5.81. The molecule has 1 unspecified atom stereocenters. The van der Waals surface area contributed by atoms with Crippen LogP contribution >= 0.6 is 11.6 Å². The van der Waals surface area contributed by atoms with Gasteiger partial charge in [-0.2, -0.15) is 15.0 Å². The minimum absolute atomic E-state index is 0.150. The van der Waals surface area contributed by atoms with Crippen molar-refractivity contribution < 1.29 is 4.74 Å². The fourth-order valence-corrected chi connectivity index (χ4v) is 1.74. The van der Waals surface area contributed by atoms with Gasteiger partial charge < -0.3 is 10.1 Å². The normalized spacial score (nSPS) is 12.2. The lowest BCUT2D eigenvalue weighted by Gasteiger charge is -2.13. The van der Waals surface area contributed by atoms with Crippen LogP contribution in [-0.4, -0.2) is 27.6 Å². The lowest BCUT2D eigenvalue weighted by atomic mass is 10.1. The Labute approximate surface area is 113 Å². The molecule has 18 heavy (non-hydrogen) atoms. The molecule has 5 nitrogen and oxygen atoms in total. The van der Waals surface area contributed by atoms with Crippen LogP contribution in [-0.2, 0) is 0 Å². The number of nitrogens with one attached hydrogen (secondary N) is 1. The van der Waals surface area contributed by atoms with Gasteiger partial charge in [-0.1, -0.05) is 26.2 Å². The molecule has 0 saturated heterocycles. The van der Waals surface area contributed by atoms with E-state index in [-0.39, 0.29) is 11.3 Å². The number of halogens is 1. The van der Waals surface area contributed by atoms with Gasteiger partial charge in [-0.25, -0.2) is 0 Å². The van der Waals surface area contributed by atoms with E-state index >= 15 is 0 Å². The first-order valence-electron chi connectivity index (χ1n) is 6.46. The van der Waals surface area contributed by atoms with Crippen molar-refractivity contribution in [2.75, 3.05) is 11.9 Å². The molecule has 1 N–H and O–H groups in total. The van der Waals surface area contributed by atoms with Crippen molar-refractivity contribution in [3.8, 4) is 6.01 Å². The molecule has 0 amide bonds. The summed E-state index contributed by atoms with van der Waals surface area (Å²) in [7, 11) is 0. The molecule has 0 fully saturated rings. The van der Waals surface area contributed by atoms with E-state index in [9.17, 15) is 0 Å². The SMILES string of the molecule is CCCCCC(C)Nc1nc(Cl)nc(OCC)n1. The molecular formula is C12H21ClN4O. The molecule has 0 aliphatic heterocycles. The average molecular weight is 273 g/mol. The predicted molar refractivity (Wildman–Crippen MR) is 73.2 cm³/mol. The van der Waals surface area contributed by atoms with E-state index in [1.54, 1.807) is 0 Å². The number of aromatic nitrogens is 3. The van der Waals surface area contributed by atoms with Crippen LogP contribution in [0, 0.1) is 0 Å². The molecule has 1 atom stereocenters. The van der Waals surface area contributed by atoms with E-state index in [1.165, 1.54) is 19.3 Å². The highest BCUT2D eigenvalue weighted by atomic mass is 35.5. The largest absolute Gasteiger partial charge is 0.464 e. The summed E-state index contributed by atoms with van der Waals surface area (Å²) in [6.45, 7) is 6.68. The van der Waals surface area contributed by atoms with Crippen LogP contribution in [0.15, 0.2) is 0 Å². The van der Waals surface area contributed by atoms with Crippen LogP contribution in [0.1, 0.15) is 46.5 Å². The summed E-state index contributed by atoms with van der Waals surface area (Å²) in [5.74, 6) is 0.474. The van der Waals surface area contributed by atoms with Gasteiger partial charge in [0.2, 0.25) is 11.2 Å². The van der Waals surface area contributed by atoms with Crippen LogP contribution in [0.2, 0.25) is 5.28 Å². The topological polar surface area (TPSA) is 59.9 Å². The number of rotatable bonds is 8. The third-order valence-corrected chi connectivity index (χ3v) is 2.65. The van der Waals surface area contributed by atoms with E-state index in [0.29, 0.717) is 18.6 Å². The van der Waals surface area contributed by atoms with Crippen molar-refractivity contribution >= 4 is 17.5 Å². The lowest BCUT2D eigenvalue weighted by molar-refractivity contribution is 0.312. The molecule has 1 heterocycles. The third kappa shape index (κ3) is 5.49. The fraction of sp³-hybridized carbons (Fsp3) is 0.750. The molecule has 1 rings (SSSR count). The molecule has 0 aromatic carbocycles. The average Bonchev–Trinajstić information content (AvgIpc) is 2.28. The molecule has 0 bridgehead atoms. The summed E-state index contributed by atoms with van der Waals surface area (Å²) in [5, 5.41) is 3.36. The van der Waals surface area contributed by atoms with Gasteiger partial charge in [0.25, 0.3) is 0 Å². The van der Waals surface area contributed by atoms with Crippen molar-refractivity contribution in [1.29, 1.82) is 0 Å². The van der Waals surface area contributed by atoms with E-state index < -0.39 is 0 Å². The summed E-state index contributed by atoms with van der Waals surface area (Å²) in [6, 6.07) is 0.574. The zero-order chi connectivity index (χ0) is 13.4. The van der Waals surface area contributed by atoms with E-state index in [1.807, 2.05) is 6.92 Å². The quantitative estimate of drug-likeness (QED) is 0.736. The first-order valence-corrected chi connectivity index (χ1v) is 6.84. The maximum absolute atomic E-state index is 5.81. The van der Waals surface area contributed by atoms with Gasteiger partial charge in [0, 0.05) is 6.04 Å². The van der Waals surface area contributed by atoms with Gasteiger partial charge in [-0.3, -0.25) is 0 Å². The third-order valence-electron chi connectivity index (χ3n) is 2.48. The predicted octanol–water partition coefficient (Wildman–Crippen LogP) is 3.30. The molecule has 1 aromatic rings. The van der Waals surface area contributed by atoms with Crippen molar-refractivity contribution in [3.63, 3.8) is 0 Å². The van der Waals surface area contributed by atoms with Crippen molar-refractivity contribution in [2.24, 2.45) is 0 Å². The number of nitrogens with zero attached hydrogens (tertiary/aromatic N) is 3. The van der Waals surface area contributed by atoms with Crippen LogP contribution in [0.5, 0.6) is 6.01 Å². The standard InChI is InChI=1S/C12H21ClN4O/c1-4-6-7-8-9(3)14-11-15-10(13)16-12(17-11)18-5-2/h9H,4-8H2,1-3H3,(H,14,15,16,17). The number of ether oxygens (including phenoxy) is 1. The zero-order valence-electron chi connectivity index (χ0n) is 11.2. The summed E-state index contributed by atoms with van der Waals surface area (Å²) in [5.41, 5.74) is 0. The Hall–Kier alpha value is -1.10. The van der Waals surface area contributed by atoms with Crippen LogP contribution in [0.3, 0.4) is 0 Å². The van der Waals surface area contributed by atoms with Gasteiger partial charge in [-0.05, 0) is 31.9 Å². The maximum Gasteiger partial charge on any atom is 0.322 e. The first-order chi connectivity index (χ1) is 8.65. The maximum atomic E-state index is 5.81. The van der Waals surface area contributed by atoms with E-state index in [2.05, 4.69) is 34.1 Å². The Balaban J connectivity index is 2.54.